The van der Waals surface area contributed by atoms with E-state index in [2.05, 4.69) is 27.0 Å². The van der Waals surface area contributed by atoms with E-state index in [-0.39, 0.29) is 35.8 Å². The predicted octanol–water partition coefficient (Wildman–Crippen LogP) is 2.95. The number of halogens is 1. The van der Waals surface area contributed by atoms with Gasteiger partial charge >= 0.3 is 0 Å². The van der Waals surface area contributed by atoms with Crippen LogP contribution in [0.5, 0.6) is 0 Å². The van der Waals surface area contributed by atoms with E-state index in [0.29, 0.717) is 19.5 Å². The molecular formula is C21H29IN6O. The van der Waals surface area contributed by atoms with Crippen molar-refractivity contribution in [2.45, 2.75) is 25.8 Å². The van der Waals surface area contributed by atoms with Crippen molar-refractivity contribution in [1.82, 2.24) is 15.6 Å². The monoisotopic (exact) mass is 508 g/mol. The van der Waals surface area contributed by atoms with Crippen molar-refractivity contribution in [3.63, 3.8) is 0 Å². The molecule has 0 spiro atoms. The van der Waals surface area contributed by atoms with Crippen molar-refractivity contribution in [3.8, 4) is 0 Å². The highest BCUT2D eigenvalue weighted by Crippen LogP contribution is 2.31. The van der Waals surface area contributed by atoms with E-state index < -0.39 is 0 Å². The Balaban J connectivity index is 0.00000300. The third kappa shape index (κ3) is 6.31. The van der Waals surface area contributed by atoms with Crippen molar-refractivity contribution < 1.29 is 4.79 Å². The zero-order valence-electron chi connectivity index (χ0n) is 17.1. The van der Waals surface area contributed by atoms with Crippen LogP contribution in [0.25, 0.3) is 0 Å². The number of para-hydroxylation sites is 1. The van der Waals surface area contributed by atoms with Crippen LogP contribution in [-0.4, -0.2) is 44.0 Å². The Labute approximate surface area is 189 Å². The number of rotatable bonds is 6. The lowest BCUT2D eigenvalue weighted by atomic mass is 9.90. The van der Waals surface area contributed by atoms with Crippen LogP contribution >= 0.6 is 24.0 Å². The Morgan fingerprint density at radius 3 is 2.83 bits per heavy atom. The second-order valence-corrected chi connectivity index (χ2v) is 7.03. The molecule has 1 amide bonds. The second kappa shape index (κ2) is 11.0. The number of aromatic nitrogens is 1. The van der Waals surface area contributed by atoms with Crippen LogP contribution in [0.4, 0.5) is 11.5 Å². The number of pyridine rings is 1. The fraction of sp³-hybridized carbons (Fsp3) is 0.381. The Kier molecular flexibility index (Phi) is 8.69. The first-order chi connectivity index (χ1) is 13.6. The van der Waals surface area contributed by atoms with Crippen molar-refractivity contribution >= 4 is 47.3 Å². The summed E-state index contributed by atoms with van der Waals surface area (Å²) in [6.07, 6.45) is 2.28. The molecule has 156 valence electrons. The fourth-order valence-electron chi connectivity index (χ4n) is 3.22. The highest BCUT2D eigenvalue weighted by Gasteiger charge is 2.24. The van der Waals surface area contributed by atoms with Gasteiger partial charge in [-0.05, 0) is 36.2 Å². The highest BCUT2D eigenvalue weighted by molar-refractivity contribution is 14.0. The largest absolute Gasteiger partial charge is 0.363 e. The minimum Gasteiger partial charge on any atom is -0.363 e. The standard InChI is InChI=1S/C21H28N6O.HI/c1-4-22-21(24-13-15-9-10-23-19(11-15)27(2)3)25-14-16-12-20(28)26-18-8-6-5-7-17(16)18;/h5-11,16H,4,12-14H2,1-3H3,(H,26,28)(H2,22,24,25);1H. The summed E-state index contributed by atoms with van der Waals surface area (Å²) in [5, 5.41) is 9.61. The summed E-state index contributed by atoms with van der Waals surface area (Å²) in [5.41, 5.74) is 3.16. The molecule has 3 rings (SSSR count). The molecule has 0 aliphatic carbocycles. The first kappa shape index (κ1) is 22.9. The fourth-order valence-corrected chi connectivity index (χ4v) is 3.22. The SMILES string of the molecule is CCNC(=NCc1ccnc(N(C)C)c1)NCC1CC(=O)Nc2ccccc21.I. The third-order valence-electron chi connectivity index (χ3n) is 4.65. The molecular weight excluding hydrogens is 479 g/mol. The Morgan fingerprint density at radius 1 is 1.28 bits per heavy atom. The average molecular weight is 508 g/mol. The van der Waals surface area contributed by atoms with Gasteiger partial charge in [0.15, 0.2) is 5.96 Å². The smallest absolute Gasteiger partial charge is 0.225 e. The first-order valence-corrected chi connectivity index (χ1v) is 9.60. The van der Waals surface area contributed by atoms with Crippen LogP contribution in [-0.2, 0) is 11.3 Å². The molecule has 2 aromatic rings. The number of carbonyl (C=O) groups excluding carboxylic acids is 1. The summed E-state index contributed by atoms with van der Waals surface area (Å²) in [5.74, 6) is 1.83. The third-order valence-corrected chi connectivity index (χ3v) is 4.65. The number of aliphatic imine (C=N–C) groups is 1. The molecule has 1 aromatic heterocycles. The number of nitrogens with zero attached hydrogens (tertiary/aromatic N) is 3. The molecule has 29 heavy (non-hydrogen) atoms. The molecule has 0 saturated heterocycles. The quantitative estimate of drug-likeness (QED) is 0.318. The number of anilines is 2. The maximum absolute atomic E-state index is 12.0. The summed E-state index contributed by atoms with van der Waals surface area (Å²) in [4.78, 5) is 23.0. The van der Waals surface area contributed by atoms with E-state index in [1.54, 1.807) is 6.20 Å². The van der Waals surface area contributed by atoms with E-state index >= 15 is 0 Å². The van der Waals surface area contributed by atoms with Gasteiger partial charge in [0.1, 0.15) is 5.82 Å². The van der Waals surface area contributed by atoms with E-state index in [0.717, 1.165) is 35.1 Å². The van der Waals surface area contributed by atoms with Gasteiger partial charge in [0.25, 0.3) is 0 Å². The molecule has 1 atom stereocenters. The number of hydrogen-bond acceptors (Lipinski definition) is 4. The lowest BCUT2D eigenvalue weighted by Crippen LogP contribution is -2.40. The molecule has 8 heteroatoms. The first-order valence-electron chi connectivity index (χ1n) is 9.60. The van der Waals surface area contributed by atoms with E-state index in [9.17, 15) is 4.79 Å². The Hall–Kier alpha value is -2.36. The van der Waals surface area contributed by atoms with Gasteiger partial charge in [-0.25, -0.2) is 9.98 Å². The molecule has 0 bridgehead atoms. The van der Waals surface area contributed by atoms with Crippen molar-refractivity contribution in [2.24, 2.45) is 4.99 Å². The molecule has 1 unspecified atom stereocenters. The second-order valence-electron chi connectivity index (χ2n) is 7.03. The molecule has 0 fully saturated rings. The molecule has 1 aliphatic rings. The number of guanidine groups is 1. The van der Waals surface area contributed by atoms with Gasteiger partial charge in [-0.3, -0.25) is 4.79 Å². The zero-order chi connectivity index (χ0) is 19.9. The van der Waals surface area contributed by atoms with Crippen molar-refractivity contribution in [1.29, 1.82) is 0 Å². The number of fused-ring (bicyclic) bond motifs is 1. The number of carbonyl (C=O) groups is 1. The minimum absolute atomic E-state index is 0. The number of hydrogen-bond donors (Lipinski definition) is 3. The van der Waals surface area contributed by atoms with Gasteiger partial charge in [0, 0.05) is 51.4 Å². The van der Waals surface area contributed by atoms with Crippen molar-refractivity contribution in [2.75, 3.05) is 37.4 Å². The number of nitrogens with one attached hydrogen (secondary N) is 3. The average Bonchev–Trinajstić information content (AvgIpc) is 2.70. The lowest BCUT2D eigenvalue weighted by molar-refractivity contribution is -0.116. The highest BCUT2D eigenvalue weighted by atomic mass is 127. The Morgan fingerprint density at radius 2 is 2.07 bits per heavy atom. The van der Waals surface area contributed by atoms with Crippen LogP contribution in [0.15, 0.2) is 47.6 Å². The van der Waals surface area contributed by atoms with Crippen LogP contribution in [0.1, 0.15) is 30.4 Å². The Bertz CT molecular complexity index is 855. The molecule has 0 saturated carbocycles. The van der Waals surface area contributed by atoms with Gasteiger partial charge in [-0.15, -0.1) is 24.0 Å². The zero-order valence-corrected chi connectivity index (χ0v) is 19.4. The van der Waals surface area contributed by atoms with Gasteiger partial charge in [0.2, 0.25) is 5.91 Å². The van der Waals surface area contributed by atoms with E-state index in [1.807, 2.05) is 56.3 Å². The summed E-state index contributed by atoms with van der Waals surface area (Å²) >= 11 is 0. The van der Waals surface area contributed by atoms with Gasteiger partial charge in [0.05, 0.1) is 6.54 Å². The van der Waals surface area contributed by atoms with Crippen LogP contribution < -0.4 is 20.9 Å². The maximum Gasteiger partial charge on any atom is 0.225 e. The normalized spacial score (nSPS) is 15.6. The number of benzene rings is 1. The molecule has 2 heterocycles. The maximum atomic E-state index is 12.0. The summed E-state index contributed by atoms with van der Waals surface area (Å²) in [7, 11) is 3.94. The van der Waals surface area contributed by atoms with Gasteiger partial charge in [-0.2, -0.15) is 0 Å². The van der Waals surface area contributed by atoms with Crippen LogP contribution in [0, 0.1) is 0 Å². The van der Waals surface area contributed by atoms with Crippen molar-refractivity contribution in [3.05, 3.63) is 53.7 Å². The molecule has 3 N–H and O–H groups in total. The number of amides is 1. The molecule has 0 radical (unpaired) electrons. The molecule has 1 aromatic carbocycles. The topological polar surface area (TPSA) is 81.7 Å². The van der Waals surface area contributed by atoms with Crippen LogP contribution in [0.3, 0.4) is 0 Å². The summed E-state index contributed by atoms with van der Waals surface area (Å²) in [6.45, 7) is 4.01. The van der Waals surface area contributed by atoms with Gasteiger partial charge in [-0.1, -0.05) is 18.2 Å². The lowest BCUT2D eigenvalue weighted by Gasteiger charge is -2.26. The minimum atomic E-state index is 0. The van der Waals surface area contributed by atoms with Gasteiger partial charge < -0.3 is 20.9 Å². The summed E-state index contributed by atoms with van der Waals surface area (Å²) < 4.78 is 0. The van der Waals surface area contributed by atoms with E-state index in [4.69, 9.17) is 4.99 Å². The van der Waals surface area contributed by atoms with E-state index in [1.165, 1.54) is 0 Å². The summed E-state index contributed by atoms with van der Waals surface area (Å²) in [6, 6.07) is 12.0. The molecule has 7 nitrogen and oxygen atoms in total. The van der Waals surface area contributed by atoms with Crippen LogP contribution in [0.2, 0.25) is 0 Å². The molecule has 1 aliphatic heterocycles. The predicted molar refractivity (Wildman–Crippen MR) is 129 cm³/mol.